The Morgan fingerprint density at radius 2 is 2.20 bits per heavy atom. The first-order valence-electron chi connectivity index (χ1n) is 10.8. The van der Waals surface area contributed by atoms with Gasteiger partial charge >= 0.3 is 0 Å². The number of phenolic OH excluding ortho intramolecular Hbond substituents is 1. The Labute approximate surface area is 175 Å². The van der Waals surface area contributed by atoms with Crippen molar-refractivity contribution in [3.63, 3.8) is 0 Å². The molecule has 0 unspecified atom stereocenters. The highest BCUT2D eigenvalue weighted by Crippen LogP contribution is 2.34. The normalized spacial score (nSPS) is 31.4. The van der Waals surface area contributed by atoms with E-state index in [4.69, 9.17) is 2.74 Å². The van der Waals surface area contributed by atoms with E-state index in [1.54, 1.807) is 37.3 Å². The Morgan fingerprint density at radius 3 is 2.97 bits per heavy atom. The molecular formula is C21H23FN6O2. The molecule has 2 aliphatic rings. The number of aromatic hydroxyl groups is 1. The van der Waals surface area contributed by atoms with Gasteiger partial charge in [0.25, 0.3) is 5.56 Å². The van der Waals surface area contributed by atoms with Crippen molar-refractivity contribution >= 4 is 16.6 Å². The molecule has 2 aromatic heterocycles. The van der Waals surface area contributed by atoms with Crippen LogP contribution in [0.3, 0.4) is 0 Å². The number of pyridine rings is 1. The van der Waals surface area contributed by atoms with Gasteiger partial charge in [0, 0.05) is 35.1 Å². The third-order valence-corrected chi connectivity index (χ3v) is 6.01. The molecule has 2 aliphatic heterocycles. The van der Waals surface area contributed by atoms with E-state index in [2.05, 4.69) is 20.5 Å². The summed E-state index contributed by atoms with van der Waals surface area (Å²) < 4.78 is 33.4. The molecule has 5 rings (SSSR count). The summed E-state index contributed by atoms with van der Waals surface area (Å²) in [5, 5.41) is 22.6. The number of rotatable bonds is 3. The summed E-state index contributed by atoms with van der Waals surface area (Å²) in [7, 11) is 3.29. The number of fused-ring (bicyclic) bond motifs is 3. The Hall–Kier alpha value is -3.07. The molecule has 4 atom stereocenters. The van der Waals surface area contributed by atoms with E-state index < -0.39 is 24.2 Å². The van der Waals surface area contributed by atoms with Crippen LogP contribution in [0.25, 0.3) is 22.2 Å². The number of benzene rings is 1. The van der Waals surface area contributed by atoms with Gasteiger partial charge in [-0.25, -0.2) is 9.37 Å². The van der Waals surface area contributed by atoms with Crippen LogP contribution in [0.2, 0.25) is 0 Å². The Kier molecular flexibility index (Phi) is 3.90. The van der Waals surface area contributed by atoms with Crippen LogP contribution in [0.15, 0.2) is 35.4 Å². The van der Waals surface area contributed by atoms with Gasteiger partial charge in [-0.3, -0.25) is 4.79 Å². The van der Waals surface area contributed by atoms with E-state index in [0.717, 1.165) is 0 Å². The van der Waals surface area contributed by atoms with Crippen molar-refractivity contribution in [3.05, 3.63) is 40.9 Å². The molecule has 2 bridgehead atoms. The van der Waals surface area contributed by atoms with Gasteiger partial charge in [-0.1, -0.05) is 0 Å². The van der Waals surface area contributed by atoms with Gasteiger partial charge in [-0.15, -0.1) is 10.2 Å². The summed E-state index contributed by atoms with van der Waals surface area (Å²) in [6.45, 7) is 0. The molecule has 0 radical (unpaired) electrons. The maximum absolute atomic E-state index is 15.1. The summed E-state index contributed by atoms with van der Waals surface area (Å²) in [5.41, 5.74) is 0.0994. The molecule has 0 saturated carbocycles. The first kappa shape index (κ1) is 16.7. The predicted molar refractivity (Wildman–Crippen MR) is 111 cm³/mol. The Balaban J connectivity index is 1.45. The fraction of sp³-hybridized carbons (Fsp3) is 0.429. The van der Waals surface area contributed by atoms with Crippen LogP contribution in [0.1, 0.15) is 22.0 Å². The van der Waals surface area contributed by atoms with Crippen LogP contribution >= 0.6 is 0 Å². The number of nitrogens with one attached hydrogen (secondary N) is 1. The van der Waals surface area contributed by atoms with Crippen molar-refractivity contribution in [2.45, 2.75) is 43.5 Å². The van der Waals surface area contributed by atoms with E-state index in [-0.39, 0.29) is 30.0 Å². The van der Waals surface area contributed by atoms with Crippen LogP contribution in [-0.4, -0.2) is 56.2 Å². The summed E-state index contributed by atoms with van der Waals surface area (Å²) in [6, 6.07) is 1.56. The van der Waals surface area contributed by atoms with E-state index in [1.165, 1.54) is 16.8 Å². The zero-order valence-electron chi connectivity index (χ0n) is 18.6. The number of phenols is 1. The summed E-state index contributed by atoms with van der Waals surface area (Å²) >= 11 is 0. The molecule has 0 spiro atoms. The van der Waals surface area contributed by atoms with Gasteiger partial charge in [-0.2, -0.15) is 0 Å². The monoisotopic (exact) mass is 412 g/mol. The molecular weight excluding hydrogens is 387 g/mol. The van der Waals surface area contributed by atoms with Crippen molar-refractivity contribution in [1.29, 1.82) is 0 Å². The van der Waals surface area contributed by atoms with Crippen LogP contribution in [0.5, 0.6) is 5.75 Å². The molecule has 1 aromatic carbocycles. The first-order chi connectivity index (χ1) is 15.1. The third kappa shape index (κ3) is 3.00. The van der Waals surface area contributed by atoms with E-state index in [1.807, 2.05) is 0 Å². The highest BCUT2D eigenvalue weighted by Gasteiger charge is 2.43. The number of aromatic nitrogens is 4. The molecule has 2 saturated heterocycles. The lowest BCUT2D eigenvalue weighted by Crippen LogP contribution is -2.55. The number of hydrogen-bond acceptors (Lipinski definition) is 7. The topological polar surface area (TPSA) is 96.2 Å². The number of aryl methyl sites for hydroxylation is 1. The number of nitrogens with zero attached hydrogens (tertiary/aromatic N) is 5. The molecule has 3 aromatic rings. The molecule has 8 nitrogen and oxygen atoms in total. The minimum atomic E-state index is -1.50. The Morgan fingerprint density at radius 1 is 1.37 bits per heavy atom. The second kappa shape index (κ2) is 7.02. The molecule has 2 fully saturated rings. The summed E-state index contributed by atoms with van der Waals surface area (Å²) in [4.78, 5) is 18.1. The predicted octanol–water partition coefficient (Wildman–Crippen LogP) is 1.76. The maximum Gasteiger partial charge on any atom is 0.258 e. The molecule has 0 amide bonds. The van der Waals surface area contributed by atoms with Gasteiger partial charge < -0.3 is 19.9 Å². The third-order valence-electron chi connectivity index (χ3n) is 6.01. The average molecular weight is 412 g/mol. The van der Waals surface area contributed by atoms with E-state index >= 15 is 4.39 Å². The van der Waals surface area contributed by atoms with Crippen LogP contribution < -0.4 is 15.8 Å². The van der Waals surface area contributed by atoms with Gasteiger partial charge in [0.2, 0.25) is 0 Å². The quantitative estimate of drug-likeness (QED) is 0.677. The molecule has 0 aliphatic carbocycles. The molecule has 9 heteroatoms. The summed E-state index contributed by atoms with van der Waals surface area (Å²) in [5.74, 6) is 0.331. The van der Waals surface area contributed by atoms with E-state index in [9.17, 15) is 9.90 Å². The lowest BCUT2D eigenvalue weighted by atomic mass is 9.96. The highest BCUT2D eigenvalue weighted by molar-refractivity contribution is 5.88. The highest BCUT2D eigenvalue weighted by atomic mass is 19.1. The first-order valence-corrected chi connectivity index (χ1v) is 9.79. The minimum Gasteiger partial charge on any atom is -0.507 e. The van der Waals surface area contributed by atoms with Gasteiger partial charge in [-0.05, 0) is 42.8 Å². The van der Waals surface area contributed by atoms with Crippen molar-refractivity contribution in [2.24, 2.45) is 7.05 Å². The van der Waals surface area contributed by atoms with Gasteiger partial charge in [0.15, 0.2) is 11.6 Å². The van der Waals surface area contributed by atoms with Gasteiger partial charge in [0.05, 0.1) is 23.2 Å². The SMILES string of the molecule is [2H][C@]12CC[C@]([2H])(N1)[C@H](F)[C@H](N(C)c1cnc(-c3cc4ccn(C)c(=O)c4cc3O)nn1)C2. The second-order valence-electron chi connectivity index (χ2n) is 7.87. The van der Waals surface area contributed by atoms with Gasteiger partial charge in [0.1, 0.15) is 11.9 Å². The fourth-order valence-corrected chi connectivity index (χ4v) is 4.20. The molecule has 156 valence electrons. The van der Waals surface area contributed by atoms with Crippen molar-refractivity contribution in [3.8, 4) is 17.1 Å². The van der Waals surface area contributed by atoms with Crippen LogP contribution in [-0.2, 0) is 7.05 Å². The van der Waals surface area contributed by atoms with Crippen molar-refractivity contribution in [1.82, 2.24) is 25.1 Å². The van der Waals surface area contributed by atoms with Crippen LogP contribution in [0, 0.1) is 0 Å². The number of piperidine rings is 1. The number of halogens is 1. The zero-order chi connectivity index (χ0) is 22.8. The van der Waals surface area contributed by atoms with Crippen molar-refractivity contribution < 1.29 is 12.2 Å². The van der Waals surface area contributed by atoms with Crippen LogP contribution in [0.4, 0.5) is 10.2 Å². The number of alkyl halides is 1. The number of hydrogen-bond donors (Lipinski definition) is 2. The fourth-order valence-electron chi connectivity index (χ4n) is 4.20. The lowest BCUT2D eigenvalue weighted by molar-refractivity contribution is 0.176. The maximum atomic E-state index is 15.1. The van der Waals surface area contributed by atoms with E-state index in [0.29, 0.717) is 28.6 Å². The molecule has 4 heterocycles. The largest absolute Gasteiger partial charge is 0.507 e. The number of anilines is 1. The Bertz CT molecular complexity index is 1270. The minimum absolute atomic E-state index is 0.144. The smallest absolute Gasteiger partial charge is 0.258 e. The molecule has 30 heavy (non-hydrogen) atoms. The molecule has 2 N–H and O–H groups in total. The lowest BCUT2D eigenvalue weighted by Gasteiger charge is -2.38. The average Bonchev–Trinajstić information content (AvgIpc) is 3.05. The zero-order valence-corrected chi connectivity index (χ0v) is 16.6. The second-order valence-corrected chi connectivity index (χ2v) is 7.87. The standard InChI is InChI=1S/C21H23FN6O2/c1-27-6-5-11-7-14(17(29)9-13(11)21(27)30)20-23-10-18(25-26-20)28(2)16-8-12-3-4-15(24-12)19(16)22/h5-7,9-10,12,15-16,19,24,29H,3-4,8H2,1-2H3/t12-,15+,16-,19+/m1/s1/i12D,15D. The summed E-state index contributed by atoms with van der Waals surface area (Å²) in [6.07, 6.45) is 2.50. The van der Waals surface area contributed by atoms with Crippen molar-refractivity contribution in [2.75, 3.05) is 11.9 Å².